The summed E-state index contributed by atoms with van der Waals surface area (Å²) in [7, 11) is 0. The van der Waals surface area contributed by atoms with Crippen molar-refractivity contribution in [1.82, 2.24) is 19.9 Å². The van der Waals surface area contributed by atoms with E-state index in [0.717, 1.165) is 6.42 Å². The second-order valence-electron chi connectivity index (χ2n) is 3.77. The van der Waals surface area contributed by atoms with Crippen molar-refractivity contribution in [1.29, 1.82) is 0 Å². The summed E-state index contributed by atoms with van der Waals surface area (Å²) < 4.78 is 1.75. The van der Waals surface area contributed by atoms with Crippen LogP contribution in [-0.2, 0) is 0 Å². The van der Waals surface area contributed by atoms with Gasteiger partial charge in [0.1, 0.15) is 12.1 Å². The summed E-state index contributed by atoms with van der Waals surface area (Å²) >= 11 is 0. The fourth-order valence-corrected chi connectivity index (χ4v) is 1.50. The Kier molecular flexibility index (Phi) is 4.03. The summed E-state index contributed by atoms with van der Waals surface area (Å²) in [4.78, 5) is 20.0. The van der Waals surface area contributed by atoms with E-state index in [4.69, 9.17) is 5.73 Å². The number of amides is 1. The van der Waals surface area contributed by atoms with Gasteiger partial charge in [0.15, 0.2) is 0 Å². The Labute approximate surface area is 105 Å². The second-order valence-corrected chi connectivity index (χ2v) is 3.77. The van der Waals surface area contributed by atoms with Gasteiger partial charge in [-0.3, -0.25) is 9.36 Å². The minimum Gasteiger partial charge on any atom is -0.352 e. The number of carbonyl (C=O) groups is 1. The van der Waals surface area contributed by atoms with E-state index in [1.54, 1.807) is 41.6 Å². The first-order chi connectivity index (χ1) is 8.81. The van der Waals surface area contributed by atoms with Gasteiger partial charge in [-0.05, 0) is 25.1 Å². The Balaban J connectivity index is 2.10. The van der Waals surface area contributed by atoms with Crippen LogP contribution in [0, 0.1) is 0 Å². The van der Waals surface area contributed by atoms with Crippen LogP contribution >= 0.6 is 0 Å². The summed E-state index contributed by atoms with van der Waals surface area (Å²) in [5.41, 5.74) is 5.94. The maximum Gasteiger partial charge on any atom is 0.251 e. The summed E-state index contributed by atoms with van der Waals surface area (Å²) in [6.45, 7) is 1.15. The van der Waals surface area contributed by atoms with Crippen molar-refractivity contribution in [2.45, 2.75) is 6.42 Å². The standard InChI is InChI=1S/C12H15N5O/c13-3-1-4-16-12(18)10-2-5-15-11(8-10)17-7-6-14-9-17/h2,5-9H,1,3-4,13H2,(H,16,18). The summed E-state index contributed by atoms with van der Waals surface area (Å²) in [5.74, 6) is 0.547. The predicted molar refractivity (Wildman–Crippen MR) is 67.4 cm³/mol. The predicted octanol–water partition coefficient (Wildman–Crippen LogP) is 0.346. The molecular formula is C12H15N5O. The van der Waals surface area contributed by atoms with Crippen molar-refractivity contribution < 1.29 is 4.79 Å². The first-order valence-electron chi connectivity index (χ1n) is 5.74. The minimum absolute atomic E-state index is 0.118. The van der Waals surface area contributed by atoms with Crippen molar-refractivity contribution >= 4 is 5.91 Å². The molecule has 0 aliphatic rings. The van der Waals surface area contributed by atoms with Crippen LogP contribution in [0.1, 0.15) is 16.8 Å². The summed E-state index contributed by atoms with van der Waals surface area (Å²) in [6.07, 6.45) is 7.45. The number of hydrogen-bond acceptors (Lipinski definition) is 4. The van der Waals surface area contributed by atoms with E-state index >= 15 is 0 Å². The normalized spacial score (nSPS) is 10.3. The molecule has 0 unspecified atom stereocenters. The summed E-state index contributed by atoms with van der Waals surface area (Å²) in [6, 6.07) is 3.40. The number of hydrogen-bond donors (Lipinski definition) is 2. The van der Waals surface area contributed by atoms with Crippen LogP contribution in [0.15, 0.2) is 37.1 Å². The molecule has 94 valence electrons. The van der Waals surface area contributed by atoms with Crippen molar-refractivity contribution in [2.24, 2.45) is 5.73 Å². The number of pyridine rings is 1. The average Bonchev–Trinajstić information content (AvgIpc) is 2.93. The number of nitrogens with zero attached hydrogens (tertiary/aromatic N) is 3. The number of rotatable bonds is 5. The van der Waals surface area contributed by atoms with E-state index in [1.807, 2.05) is 0 Å². The van der Waals surface area contributed by atoms with Gasteiger partial charge in [0.25, 0.3) is 5.91 Å². The van der Waals surface area contributed by atoms with Crippen molar-refractivity contribution in [3.8, 4) is 5.82 Å². The molecule has 1 amide bonds. The molecule has 0 aliphatic heterocycles. The van der Waals surface area contributed by atoms with E-state index in [0.29, 0.717) is 24.5 Å². The van der Waals surface area contributed by atoms with Gasteiger partial charge in [0.05, 0.1) is 0 Å². The van der Waals surface area contributed by atoms with Crippen molar-refractivity contribution in [2.75, 3.05) is 13.1 Å². The van der Waals surface area contributed by atoms with Gasteiger partial charge < -0.3 is 11.1 Å². The zero-order chi connectivity index (χ0) is 12.8. The Hall–Kier alpha value is -2.21. The molecule has 2 aromatic heterocycles. The summed E-state index contributed by atoms with van der Waals surface area (Å²) in [5, 5.41) is 2.80. The topological polar surface area (TPSA) is 85.8 Å². The third-order valence-electron chi connectivity index (χ3n) is 2.44. The van der Waals surface area contributed by atoms with Gasteiger partial charge >= 0.3 is 0 Å². The lowest BCUT2D eigenvalue weighted by Gasteiger charge is -2.06. The van der Waals surface area contributed by atoms with Crippen LogP contribution in [0.2, 0.25) is 0 Å². The highest BCUT2D eigenvalue weighted by Gasteiger charge is 2.06. The Morgan fingerprint density at radius 1 is 1.44 bits per heavy atom. The molecule has 3 N–H and O–H groups in total. The molecule has 0 aromatic carbocycles. The van der Waals surface area contributed by atoms with Crippen LogP contribution in [0.5, 0.6) is 0 Å². The van der Waals surface area contributed by atoms with E-state index < -0.39 is 0 Å². The molecule has 0 fully saturated rings. The highest BCUT2D eigenvalue weighted by atomic mass is 16.1. The molecule has 0 spiro atoms. The average molecular weight is 245 g/mol. The number of carbonyl (C=O) groups excluding carboxylic acids is 1. The quantitative estimate of drug-likeness (QED) is 0.744. The third kappa shape index (κ3) is 2.92. The smallest absolute Gasteiger partial charge is 0.251 e. The molecule has 0 atom stereocenters. The first-order valence-corrected chi connectivity index (χ1v) is 5.74. The molecule has 0 saturated heterocycles. The van der Waals surface area contributed by atoms with E-state index in [9.17, 15) is 4.79 Å². The Morgan fingerprint density at radius 2 is 2.33 bits per heavy atom. The zero-order valence-corrected chi connectivity index (χ0v) is 9.91. The SMILES string of the molecule is NCCCNC(=O)c1ccnc(-n2ccnc2)c1. The lowest BCUT2D eigenvalue weighted by molar-refractivity contribution is 0.0953. The van der Waals surface area contributed by atoms with E-state index in [-0.39, 0.29) is 5.91 Å². The Morgan fingerprint density at radius 3 is 3.06 bits per heavy atom. The van der Waals surface area contributed by atoms with Crippen LogP contribution in [0.25, 0.3) is 5.82 Å². The van der Waals surface area contributed by atoms with Crippen LogP contribution in [0.4, 0.5) is 0 Å². The van der Waals surface area contributed by atoms with Gasteiger partial charge in [-0.25, -0.2) is 9.97 Å². The fraction of sp³-hybridized carbons (Fsp3) is 0.250. The molecule has 2 aromatic rings. The molecule has 0 bridgehead atoms. The molecular weight excluding hydrogens is 230 g/mol. The fourth-order valence-electron chi connectivity index (χ4n) is 1.50. The second kappa shape index (κ2) is 5.92. The van der Waals surface area contributed by atoms with Gasteiger partial charge in [-0.1, -0.05) is 0 Å². The van der Waals surface area contributed by atoms with Crippen LogP contribution < -0.4 is 11.1 Å². The van der Waals surface area contributed by atoms with E-state index in [2.05, 4.69) is 15.3 Å². The molecule has 18 heavy (non-hydrogen) atoms. The molecule has 0 aliphatic carbocycles. The molecule has 0 saturated carbocycles. The molecule has 6 heteroatoms. The lowest BCUT2D eigenvalue weighted by atomic mass is 10.2. The Bertz CT molecular complexity index is 509. The maximum absolute atomic E-state index is 11.8. The van der Waals surface area contributed by atoms with Crippen molar-refractivity contribution in [3.63, 3.8) is 0 Å². The van der Waals surface area contributed by atoms with Crippen molar-refractivity contribution in [3.05, 3.63) is 42.6 Å². The highest BCUT2D eigenvalue weighted by Crippen LogP contribution is 2.06. The molecule has 0 radical (unpaired) electrons. The monoisotopic (exact) mass is 245 g/mol. The van der Waals surface area contributed by atoms with E-state index in [1.165, 1.54) is 0 Å². The molecule has 6 nitrogen and oxygen atoms in total. The number of imidazole rings is 1. The molecule has 2 rings (SSSR count). The van der Waals surface area contributed by atoms with Gasteiger partial charge in [-0.15, -0.1) is 0 Å². The number of aromatic nitrogens is 3. The largest absolute Gasteiger partial charge is 0.352 e. The molecule has 2 heterocycles. The minimum atomic E-state index is -0.118. The highest BCUT2D eigenvalue weighted by molar-refractivity contribution is 5.94. The van der Waals surface area contributed by atoms with Gasteiger partial charge in [-0.2, -0.15) is 0 Å². The lowest BCUT2D eigenvalue weighted by Crippen LogP contribution is -2.26. The first kappa shape index (κ1) is 12.3. The van der Waals surface area contributed by atoms with Gasteiger partial charge in [0.2, 0.25) is 0 Å². The van der Waals surface area contributed by atoms with Crippen LogP contribution in [0.3, 0.4) is 0 Å². The number of nitrogens with two attached hydrogens (primary N) is 1. The maximum atomic E-state index is 11.8. The third-order valence-corrected chi connectivity index (χ3v) is 2.44. The zero-order valence-electron chi connectivity index (χ0n) is 9.91. The van der Waals surface area contributed by atoms with Crippen LogP contribution in [-0.4, -0.2) is 33.5 Å². The van der Waals surface area contributed by atoms with Gasteiger partial charge in [0, 0.05) is 30.7 Å². The number of nitrogens with one attached hydrogen (secondary N) is 1.